The van der Waals surface area contributed by atoms with Crippen LogP contribution in [0.4, 0.5) is 13.2 Å². The highest BCUT2D eigenvalue weighted by Crippen LogP contribution is 2.18. The molecule has 16 heavy (non-hydrogen) atoms. The van der Waals surface area contributed by atoms with Crippen molar-refractivity contribution < 1.29 is 27.4 Å². The van der Waals surface area contributed by atoms with Crippen LogP contribution in [0.3, 0.4) is 0 Å². The molecular formula is C8H11F3N2O3. The zero-order valence-electron chi connectivity index (χ0n) is 8.45. The van der Waals surface area contributed by atoms with Crippen LogP contribution in [0.5, 0.6) is 0 Å². The van der Waals surface area contributed by atoms with E-state index in [1.807, 2.05) is 0 Å². The first kappa shape index (κ1) is 12.8. The van der Waals surface area contributed by atoms with Crippen LogP contribution in [0, 0.1) is 0 Å². The van der Waals surface area contributed by atoms with Gasteiger partial charge in [-0.25, -0.2) is 4.79 Å². The minimum atomic E-state index is -5.04. The zero-order chi connectivity index (χ0) is 12.3. The smallest absolute Gasteiger partial charge is 0.476 e. The number of alkyl halides is 3. The van der Waals surface area contributed by atoms with Gasteiger partial charge in [0.25, 0.3) is 0 Å². The second kappa shape index (κ2) is 4.69. The number of ether oxygens (including phenoxy) is 2. The number of carbonyl (C=O) groups excluding carboxylic acids is 1. The van der Waals surface area contributed by atoms with Gasteiger partial charge in [-0.15, -0.1) is 0 Å². The second-order valence-electron chi connectivity index (χ2n) is 3.31. The number of hydrogen-bond acceptors (Lipinski definition) is 5. The van der Waals surface area contributed by atoms with Crippen molar-refractivity contribution in [2.24, 2.45) is 10.7 Å². The molecule has 1 aliphatic heterocycles. The van der Waals surface area contributed by atoms with Gasteiger partial charge in [0.15, 0.2) is 12.1 Å². The number of carbonyl (C=O) groups is 1. The molecule has 92 valence electrons. The van der Waals surface area contributed by atoms with E-state index in [1.165, 1.54) is 0 Å². The Morgan fingerprint density at radius 1 is 1.75 bits per heavy atom. The summed E-state index contributed by atoms with van der Waals surface area (Å²) in [6.45, 7) is 2.18. The zero-order valence-corrected chi connectivity index (χ0v) is 8.45. The summed E-state index contributed by atoms with van der Waals surface area (Å²) < 4.78 is 44.4. The predicted molar refractivity (Wildman–Crippen MR) is 47.6 cm³/mol. The van der Waals surface area contributed by atoms with Gasteiger partial charge in [-0.2, -0.15) is 13.2 Å². The molecule has 2 atom stereocenters. The van der Waals surface area contributed by atoms with E-state index >= 15 is 0 Å². The number of nitrogens with two attached hydrogens (primary N) is 1. The van der Waals surface area contributed by atoms with Crippen LogP contribution in [0.15, 0.2) is 4.99 Å². The van der Waals surface area contributed by atoms with E-state index in [9.17, 15) is 18.0 Å². The summed E-state index contributed by atoms with van der Waals surface area (Å²) >= 11 is 0. The SMILES string of the molecule is CC1CN=C(CC(N)OC(=O)C(F)(F)F)O1. The molecule has 8 heteroatoms. The van der Waals surface area contributed by atoms with Crippen LogP contribution >= 0.6 is 0 Å². The average molecular weight is 240 g/mol. The van der Waals surface area contributed by atoms with Crippen molar-refractivity contribution in [1.29, 1.82) is 0 Å². The molecule has 0 amide bonds. The summed E-state index contributed by atoms with van der Waals surface area (Å²) in [7, 11) is 0. The molecule has 0 saturated heterocycles. The van der Waals surface area contributed by atoms with Gasteiger partial charge in [0.2, 0.25) is 0 Å². The number of esters is 1. The fourth-order valence-electron chi connectivity index (χ4n) is 1.07. The monoisotopic (exact) mass is 240 g/mol. The van der Waals surface area contributed by atoms with E-state index in [1.54, 1.807) is 6.92 Å². The molecule has 2 unspecified atom stereocenters. The molecule has 0 aromatic carbocycles. The van der Waals surface area contributed by atoms with Crippen molar-refractivity contribution in [3.8, 4) is 0 Å². The largest absolute Gasteiger partial charge is 0.490 e. The van der Waals surface area contributed by atoms with Gasteiger partial charge < -0.3 is 9.47 Å². The van der Waals surface area contributed by atoms with Crippen LogP contribution < -0.4 is 5.73 Å². The quantitative estimate of drug-likeness (QED) is 0.578. The first-order chi connectivity index (χ1) is 7.29. The molecule has 2 N–H and O–H groups in total. The summed E-state index contributed by atoms with van der Waals surface area (Å²) in [6, 6.07) is 0. The summed E-state index contributed by atoms with van der Waals surface area (Å²) in [5.41, 5.74) is 5.19. The maximum absolute atomic E-state index is 11.8. The molecule has 0 spiro atoms. The topological polar surface area (TPSA) is 73.9 Å². The lowest BCUT2D eigenvalue weighted by atomic mass is 10.4. The van der Waals surface area contributed by atoms with Crippen LogP contribution in [-0.4, -0.2) is 36.9 Å². The molecule has 5 nitrogen and oxygen atoms in total. The summed E-state index contributed by atoms with van der Waals surface area (Å²) in [5, 5.41) is 0. The molecular weight excluding hydrogens is 229 g/mol. The molecule has 1 aliphatic rings. The third kappa shape index (κ3) is 3.69. The van der Waals surface area contributed by atoms with E-state index in [0.29, 0.717) is 6.54 Å². The van der Waals surface area contributed by atoms with Crippen molar-refractivity contribution in [2.45, 2.75) is 31.9 Å². The summed E-state index contributed by atoms with van der Waals surface area (Å²) in [4.78, 5) is 14.3. The molecule has 1 heterocycles. The van der Waals surface area contributed by atoms with Crippen LogP contribution in [-0.2, 0) is 14.3 Å². The predicted octanol–water partition coefficient (Wildman–Crippen LogP) is 0.584. The van der Waals surface area contributed by atoms with E-state index in [2.05, 4.69) is 9.73 Å². The van der Waals surface area contributed by atoms with Crippen molar-refractivity contribution in [3.05, 3.63) is 0 Å². The molecule has 0 radical (unpaired) electrons. The van der Waals surface area contributed by atoms with Gasteiger partial charge >= 0.3 is 12.1 Å². The van der Waals surface area contributed by atoms with Gasteiger partial charge in [-0.3, -0.25) is 10.7 Å². The number of rotatable bonds is 3. The Morgan fingerprint density at radius 2 is 2.38 bits per heavy atom. The third-order valence-electron chi connectivity index (χ3n) is 1.73. The fourth-order valence-corrected chi connectivity index (χ4v) is 1.07. The van der Waals surface area contributed by atoms with E-state index < -0.39 is 18.4 Å². The number of halogens is 3. The fraction of sp³-hybridized carbons (Fsp3) is 0.750. The minimum Gasteiger partial charge on any atom is -0.476 e. The van der Waals surface area contributed by atoms with Crippen molar-refractivity contribution >= 4 is 11.9 Å². The summed E-state index contributed by atoms with van der Waals surface area (Å²) in [5.74, 6) is -2.11. The highest BCUT2D eigenvalue weighted by molar-refractivity contribution is 5.79. The number of hydrogen-bond donors (Lipinski definition) is 1. The summed E-state index contributed by atoms with van der Waals surface area (Å²) in [6.07, 6.45) is -6.73. The Balaban J connectivity index is 2.37. The Labute approximate surface area is 89.4 Å². The standard InChI is InChI=1S/C8H11F3N2O3/c1-4-3-13-6(15-4)2-5(12)16-7(14)8(9,10)11/h4-5H,2-3,12H2,1H3. The third-order valence-corrected chi connectivity index (χ3v) is 1.73. The Bertz CT molecular complexity index is 303. The highest BCUT2D eigenvalue weighted by Gasteiger charge is 2.42. The van der Waals surface area contributed by atoms with Crippen molar-refractivity contribution in [2.75, 3.05) is 6.54 Å². The maximum atomic E-state index is 11.8. The molecule has 0 fully saturated rings. The molecule has 0 aromatic rings. The highest BCUT2D eigenvalue weighted by atomic mass is 19.4. The Morgan fingerprint density at radius 3 is 2.81 bits per heavy atom. The lowest BCUT2D eigenvalue weighted by Gasteiger charge is -2.14. The van der Waals surface area contributed by atoms with Gasteiger partial charge in [0.1, 0.15) is 6.10 Å². The van der Waals surface area contributed by atoms with Crippen LogP contribution in [0.25, 0.3) is 0 Å². The molecule has 1 rings (SSSR count). The normalized spacial score (nSPS) is 22.3. The van der Waals surface area contributed by atoms with E-state index in [0.717, 1.165) is 0 Å². The second-order valence-corrected chi connectivity index (χ2v) is 3.31. The first-order valence-electron chi connectivity index (χ1n) is 4.52. The van der Waals surface area contributed by atoms with Crippen molar-refractivity contribution in [3.63, 3.8) is 0 Å². The van der Waals surface area contributed by atoms with Gasteiger partial charge in [-0.05, 0) is 6.92 Å². The lowest BCUT2D eigenvalue weighted by molar-refractivity contribution is -0.204. The Kier molecular flexibility index (Phi) is 3.74. The van der Waals surface area contributed by atoms with Crippen LogP contribution in [0.2, 0.25) is 0 Å². The van der Waals surface area contributed by atoms with Crippen molar-refractivity contribution in [1.82, 2.24) is 0 Å². The molecule has 0 aliphatic carbocycles. The Hall–Kier alpha value is -1.31. The van der Waals surface area contributed by atoms with Crippen LogP contribution in [0.1, 0.15) is 13.3 Å². The maximum Gasteiger partial charge on any atom is 0.490 e. The number of aliphatic imine (C=N–C) groups is 1. The number of nitrogens with zero attached hydrogens (tertiary/aromatic N) is 1. The molecule has 0 aromatic heterocycles. The minimum absolute atomic E-state index is 0.125. The molecule has 0 saturated carbocycles. The van der Waals surface area contributed by atoms with Gasteiger partial charge in [-0.1, -0.05) is 0 Å². The molecule has 0 bridgehead atoms. The van der Waals surface area contributed by atoms with Gasteiger partial charge in [0, 0.05) is 0 Å². The average Bonchev–Trinajstić information content (AvgIpc) is 2.49. The van der Waals surface area contributed by atoms with E-state index in [4.69, 9.17) is 10.5 Å². The van der Waals surface area contributed by atoms with E-state index in [-0.39, 0.29) is 18.4 Å². The lowest BCUT2D eigenvalue weighted by Crippen LogP contribution is -2.36. The first-order valence-corrected chi connectivity index (χ1v) is 4.52. The van der Waals surface area contributed by atoms with Gasteiger partial charge in [0.05, 0.1) is 13.0 Å².